The Hall–Kier alpha value is -1.09. The molecule has 1 aromatic heterocycles. The van der Waals surface area contributed by atoms with Crippen LogP contribution in [0.2, 0.25) is 0 Å². The van der Waals surface area contributed by atoms with Gasteiger partial charge in [-0.1, -0.05) is 19.4 Å². The minimum absolute atomic E-state index is 0.529. The van der Waals surface area contributed by atoms with Crippen molar-refractivity contribution in [1.29, 1.82) is 0 Å². The average molecular weight is 261 g/mol. The van der Waals surface area contributed by atoms with E-state index in [4.69, 9.17) is 0 Å². The third-order valence-electron chi connectivity index (χ3n) is 3.95. The standard InChI is InChI=1S/C16H27N3/c1-4-10-17-16-14(8-7-11-18-16)15-9-5-6-12-19(15)13(2)3/h7-8,11,13,15H,4-6,9-10,12H2,1-3H3,(H,17,18)/t15-/m0/s1. The van der Waals surface area contributed by atoms with E-state index in [1.54, 1.807) is 0 Å². The molecule has 1 fully saturated rings. The van der Waals surface area contributed by atoms with Crippen LogP contribution in [-0.4, -0.2) is 29.0 Å². The van der Waals surface area contributed by atoms with Crippen LogP contribution in [0.4, 0.5) is 5.82 Å². The minimum atomic E-state index is 0.529. The van der Waals surface area contributed by atoms with Gasteiger partial charge in [-0.05, 0) is 45.7 Å². The summed E-state index contributed by atoms with van der Waals surface area (Å²) in [6, 6.07) is 5.45. The quantitative estimate of drug-likeness (QED) is 0.873. The lowest BCUT2D eigenvalue weighted by atomic mass is 9.94. The predicted octanol–water partition coefficient (Wildman–Crippen LogP) is 3.84. The van der Waals surface area contributed by atoms with E-state index in [1.165, 1.54) is 31.4 Å². The fraction of sp³-hybridized carbons (Fsp3) is 0.688. The highest BCUT2D eigenvalue weighted by Gasteiger charge is 2.27. The summed E-state index contributed by atoms with van der Waals surface area (Å²) in [5.41, 5.74) is 1.38. The summed E-state index contributed by atoms with van der Waals surface area (Å²) < 4.78 is 0. The van der Waals surface area contributed by atoms with Crippen molar-refractivity contribution in [1.82, 2.24) is 9.88 Å². The van der Waals surface area contributed by atoms with Gasteiger partial charge in [0, 0.05) is 30.4 Å². The third-order valence-corrected chi connectivity index (χ3v) is 3.95. The number of piperidine rings is 1. The van der Waals surface area contributed by atoms with Crippen LogP contribution in [0, 0.1) is 0 Å². The maximum Gasteiger partial charge on any atom is 0.130 e. The van der Waals surface area contributed by atoms with Crippen molar-refractivity contribution < 1.29 is 0 Å². The lowest BCUT2D eigenvalue weighted by Crippen LogP contribution is -2.38. The van der Waals surface area contributed by atoms with Gasteiger partial charge in [0.05, 0.1) is 0 Å². The molecule has 1 aliphatic heterocycles. The molecule has 0 bridgehead atoms. The van der Waals surface area contributed by atoms with Crippen LogP contribution in [0.3, 0.4) is 0 Å². The van der Waals surface area contributed by atoms with E-state index in [-0.39, 0.29) is 0 Å². The van der Waals surface area contributed by atoms with E-state index < -0.39 is 0 Å². The number of nitrogens with one attached hydrogen (secondary N) is 1. The van der Waals surface area contributed by atoms with Crippen molar-refractivity contribution >= 4 is 5.82 Å². The zero-order valence-corrected chi connectivity index (χ0v) is 12.5. The van der Waals surface area contributed by atoms with Gasteiger partial charge in [-0.25, -0.2) is 4.98 Å². The van der Waals surface area contributed by atoms with Crippen molar-refractivity contribution in [3.63, 3.8) is 0 Å². The van der Waals surface area contributed by atoms with E-state index in [1.807, 2.05) is 6.20 Å². The molecule has 0 radical (unpaired) electrons. The number of rotatable bonds is 5. The van der Waals surface area contributed by atoms with Gasteiger partial charge >= 0.3 is 0 Å². The first kappa shape index (κ1) is 14.3. The molecule has 1 atom stereocenters. The molecule has 0 saturated carbocycles. The second-order valence-electron chi connectivity index (χ2n) is 5.71. The highest BCUT2D eigenvalue weighted by Crippen LogP contribution is 2.35. The lowest BCUT2D eigenvalue weighted by Gasteiger charge is -2.39. The number of nitrogens with zero attached hydrogens (tertiary/aromatic N) is 2. The molecule has 2 heterocycles. The summed E-state index contributed by atoms with van der Waals surface area (Å²) in [5.74, 6) is 1.09. The fourth-order valence-corrected chi connectivity index (χ4v) is 2.98. The molecule has 3 heteroatoms. The Balaban J connectivity index is 2.22. The van der Waals surface area contributed by atoms with Crippen LogP contribution < -0.4 is 5.32 Å². The van der Waals surface area contributed by atoms with Gasteiger partial charge in [0.25, 0.3) is 0 Å². The van der Waals surface area contributed by atoms with Gasteiger partial charge in [-0.2, -0.15) is 0 Å². The molecule has 0 aromatic carbocycles. The van der Waals surface area contributed by atoms with Gasteiger partial charge in [-0.15, -0.1) is 0 Å². The molecule has 106 valence electrons. The fourth-order valence-electron chi connectivity index (χ4n) is 2.98. The summed E-state index contributed by atoms with van der Waals surface area (Å²) in [6.45, 7) is 9.00. The first-order chi connectivity index (χ1) is 9.24. The Bertz CT molecular complexity index is 389. The van der Waals surface area contributed by atoms with Crippen molar-refractivity contribution in [2.24, 2.45) is 0 Å². The second kappa shape index (κ2) is 6.90. The van der Waals surface area contributed by atoms with Crippen LogP contribution in [0.25, 0.3) is 0 Å². The summed E-state index contributed by atoms with van der Waals surface area (Å²) in [6.07, 6.45) is 6.94. The predicted molar refractivity (Wildman–Crippen MR) is 81.5 cm³/mol. The Morgan fingerprint density at radius 2 is 2.26 bits per heavy atom. The van der Waals surface area contributed by atoms with E-state index in [9.17, 15) is 0 Å². The number of anilines is 1. The second-order valence-corrected chi connectivity index (χ2v) is 5.71. The molecule has 0 amide bonds. The van der Waals surface area contributed by atoms with E-state index in [2.05, 4.69) is 48.1 Å². The van der Waals surface area contributed by atoms with Crippen LogP contribution >= 0.6 is 0 Å². The highest BCUT2D eigenvalue weighted by molar-refractivity contribution is 5.45. The topological polar surface area (TPSA) is 28.2 Å². The number of likely N-dealkylation sites (tertiary alicyclic amines) is 1. The van der Waals surface area contributed by atoms with Gasteiger partial charge in [0.1, 0.15) is 5.82 Å². The van der Waals surface area contributed by atoms with Gasteiger partial charge < -0.3 is 5.32 Å². The summed E-state index contributed by atoms with van der Waals surface area (Å²) >= 11 is 0. The Kier molecular flexibility index (Phi) is 5.20. The molecular weight excluding hydrogens is 234 g/mol. The average Bonchev–Trinajstić information content (AvgIpc) is 2.45. The van der Waals surface area contributed by atoms with E-state index in [0.29, 0.717) is 12.1 Å². The van der Waals surface area contributed by atoms with Crippen molar-refractivity contribution in [3.05, 3.63) is 23.9 Å². The molecule has 3 nitrogen and oxygen atoms in total. The van der Waals surface area contributed by atoms with Gasteiger partial charge in [0.15, 0.2) is 0 Å². The molecule has 1 aliphatic rings. The van der Waals surface area contributed by atoms with Crippen LogP contribution in [0.5, 0.6) is 0 Å². The number of pyridine rings is 1. The first-order valence-corrected chi connectivity index (χ1v) is 7.68. The highest BCUT2D eigenvalue weighted by atomic mass is 15.2. The maximum absolute atomic E-state index is 4.55. The molecule has 0 aliphatic carbocycles. The molecule has 2 rings (SSSR count). The SMILES string of the molecule is CCCNc1ncccc1[C@@H]1CCCCN1C(C)C. The number of hydrogen-bond donors (Lipinski definition) is 1. The lowest BCUT2D eigenvalue weighted by molar-refractivity contribution is 0.112. The minimum Gasteiger partial charge on any atom is -0.370 e. The zero-order valence-electron chi connectivity index (χ0n) is 12.5. The van der Waals surface area contributed by atoms with Crippen molar-refractivity contribution in [3.8, 4) is 0 Å². The summed E-state index contributed by atoms with van der Waals surface area (Å²) in [7, 11) is 0. The number of hydrogen-bond acceptors (Lipinski definition) is 3. The summed E-state index contributed by atoms with van der Waals surface area (Å²) in [5, 5.41) is 3.48. The van der Waals surface area contributed by atoms with Gasteiger partial charge in [0.2, 0.25) is 0 Å². The Morgan fingerprint density at radius 1 is 1.42 bits per heavy atom. The van der Waals surface area contributed by atoms with Gasteiger partial charge in [-0.3, -0.25) is 4.90 Å². The molecular formula is C16H27N3. The molecule has 0 spiro atoms. The molecule has 1 N–H and O–H groups in total. The van der Waals surface area contributed by atoms with E-state index >= 15 is 0 Å². The number of aromatic nitrogens is 1. The van der Waals surface area contributed by atoms with Crippen LogP contribution in [0.15, 0.2) is 18.3 Å². The smallest absolute Gasteiger partial charge is 0.130 e. The van der Waals surface area contributed by atoms with Crippen molar-refractivity contribution in [2.45, 2.75) is 58.5 Å². The Morgan fingerprint density at radius 3 is 3.00 bits per heavy atom. The summed E-state index contributed by atoms with van der Waals surface area (Å²) in [4.78, 5) is 7.17. The molecule has 1 saturated heterocycles. The van der Waals surface area contributed by atoms with Crippen LogP contribution in [-0.2, 0) is 0 Å². The van der Waals surface area contributed by atoms with Crippen molar-refractivity contribution in [2.75, 3.05) is 18.4 Å². The Labute approximate surface area is 117 Å². The first-order valence-electron chi connectivity index (χ1n) is 7.68. The molecule has 0 unspecified atom stereocenters. The molecule has 19 heavy (non-hydrogen) atoms. The van der Waals surface area contributed by atoms with Crippen LogP contribution in [0.1, 0.15) is 58.1 Å². The monoisotopic (exact) mass is 261 g/mol. The largest absolute Gasteiger partial charge is 0.370 e. The third kappa shape index (κ3) is 3.47. The van der Waals surface area contributed by atoms with E-state index in [0.717, 1.165) is 18.8 Å². The zero-order chi connectivity index (χ0) is 13.7. The normalized spacial score (nSPS) is 20.7. The maximum atomic E-state index is 4.55. The molecule has 1 aromatic rings.